The first-order valence-electron chi connectivity index (χ1n) is 20.2. The first-order chi connectivity index (χ1) is 28.2. The van der Waals surface area contributed by atoms with Crippen molar-refractivity contribution in [1.29, 1.82) is 0 Å². The Bertz CT molecular complexity index is 2310. The number of anilines is 2. The molecule has 1 saturated carbocycles. The molecule has 60 heavy (non-hydrogen) atoms. The average molecular weight is 888 g/mol. The Balaban J connectivity index is 1.23. The van der Waals surface area contributed by atoms with Crippen LogP contribution in [0.1, 0.15) is 72.3 Å². The van der Waals surface area contributed by atoms with E-state index in [9.17, 15) is 30.8 Å². The molecule has 2 bridgehead atoms. The fourth-order valence-corrected chi connectivity index (χ4v) is 10.5. The number of benzene rings is 1. The minimum Gasteiger partial charge on any atom is -0.472 e. The number of hydrogen-bond donors (Lipinski definition) is 1. The molecule has 2 N–H and O–H groups in total. The number of pyridine rings is 1. The van der Waals surface area contributed by atoms with Crippen molar-refractivity contribution in [1.82, 2.24) is 24.8 Å². The number of nitrogen functional groups attached to an aromatic ring is 1. The van der Waals surface area contributed by atoms with Crippen LogP contribution < -0.4 is 20.1 Å². The summed E-state index contributed by atoms with van der Waals surface area (Å²) in [5, 5.41) is -1.41. The van der Waals surface area contributed by atoms with Crippen LogP contribution in [-0.2, 0) is 30.0 Å². The van der Waals surface area contributed by atoms with E-state index in [2.05, 4.69) is 14.9 Å². The lowest BCUT2D eigenvalue weighted by molar-refractivity contribution is -0.143. The molecule has 4 fully saturated rings. The van der Waals surface area contributed by atoms with Gasteiger partial charge in [-0.05, 0) is 65.9 Å². The zero-order chi connectivity index (χ0) is 43.2. The highest BCUT2D eigenvalue weighted by atomic mass is 35.5. The van der Waals surface area contributed by atoms with Crippen molar-refractivity contribution in [2.45, 2.75) is 115 Å². The van der Waals surface area contributed by atoms with Crippen molar-refractivity contribution in [3.8, 4) is 23.1 Å². The van der Waals surface area contributed by atoms with E-state index in [4.69, 9.17) is 40.7 Å². The van der Waals surface area contributed by atoms with Gasteiger partial charge in [0, 0.05) is 43.2 Å². The summed E-state index contributed by atoms with van der Waals surface area (Å²) in [7, 11) is -3.99. The van der Waals surface area contributed by atoms with Gasteiger partial charge in [0.25, 0.3) is 16.0 Å². The Hall–Kier alpha value is -3.85. The predicted octanol–water partition coefficient (Wildman–Crippen LogP) is 5.97. The van der Waals surface area contributed by atoms with Gasteiger partial charge in [0.1, 0.15) is 28.5 Å². The third-order valence-corrected chi connectivity index (χ3v) is 13.9. The van der Waals surface area contributed by atoms with Crippen LogP contribution in [-0.4, -0.2) is 120 Å². The molecule has 2 aromatic heterocycles. The lowest BCUT2D eigenvalue weighted by Crippen LogP contribution is -2.66. The molecule has 6 heterocycles. The molecule has 0 radical (unpaired) electrons. The minimum absolute atomic E-state index is 0.0453. The second kappa shape index (κ2) is 15.5. The molecule has 3 aromatic rings. The van der Waals surface area contributed by atoms with Crippen molar-refractivity contribution in [3.05, 3.63) is 28.3 Å². The molecule has 1 amide bonds. The third kappa shape index (κ3) is 7.68. The van der Waals surface area contributed by atoms with Crippen molar-refractivity contribution >= 4 is 50.0 Å². The summed E-state index contributed by atoms with van der Waals surface area (Å²) in [6.45, 7) is 11.3. The number of rotatable bonds is 11. The Kier molecular flexibility index (Phi) is 11.1. The quantitative estimate of drug-likeness (QED) is 0.136. The van der Waals surface area contributed by atoms with Crippen molar-refractivity contribution in [2.75, 3.05) is 49.2 Å². The molecule has 3 saturated heterocycles. The van der Waals surface area contributed by atoms with Gasteiger partial charge in [-0.25, -0.2) is 13.8 Å². The highest BCUT2D eigenvalue weighted by molar-refractivity contribution is 7.86. The minimum atomic E-state index is -5.27. The number of carbonyl (C=O) groups excluding carboxylic acids is 1. The molecule has 5 aliphatic rings. The van der Waals surface area contributed by atoms with E-state index in [1.807, 2.05) is 18.7 Å². The smallest absolute Gasteiger partial charge is 0.418 e. The van der Waals surface area contributed by atoms with Crippen molar-refractivity contribution < 1.29 is 53.6 Å². The van der Waals surface area contributed by atoms with E-state index in [1.165, 1.54) is 6.92 Å². The molecular weight excluding hydrogens is 841 g/mol. The number of aromatic nitrogens is 3. The van der Waals surface area contributed by atoms with E-state index in [-0.39, 0.29) is 66.0 Å². The zero-order valence-electron chi connectivity index (χ0n) is 33.7. The van der Waals surface area contributed by atoms with Crippen molar-refractivity contribution in [3.63, 3.8) is 0 Å². The number of fused-ring (bicyclic) bond motifs is 5. The van der Waals surface area contributed by atoms with Gasteiger partial charge >= 0.3 is 12.2 Å². The summed E-state index contributed by atoms with van der Waals surface area (Å²) >= 11 is 5.91. The number of nitrogens with zero attached hydrogens (tertiary/aromatic N) is 6. The Morgan fingerprint density at radius 2 is 1.77 bits per heavy atom. The van der Waals surface area contributed by atoms with E-state index in [1.54, 1.807) is 18.7 Å². The van der Waals surface area contributed by atoms with Crippen LogP contribution in [0.5, 0.6) is 11.9 Å². The summed E-state index contributed by atoms with van der Waals surface area (Å²) in [6, 6.07) is -1.35. The van der Waals surface area contributed by atoms with Gasteiger partial charge in [-0.15, -0.1) is 0 Å². The normalized spacial score (nSPS) is 26.7. The lowest BCUT2D eigenvalue weighted by atomic mass is 9.97. The maximum Gasteiger partial charge on any atom is 0.418 e. The van der Waals surface area contributed by atoms with E-state index < -0.39 is 97.2 Å². The highest BCUT2D eigenvalue weighted by Crippen LogP contribution is 2.51. The maximum atomic E-state index is 17.2. The number of hydrogen-bond acceptors (Lipinski definition) is 13. The average Bonchev–Trinajstić information content (AvgIpc) is 3.89. The Morgan fingerprint density at radius 1 is 1.07 bits per heavy atom. The van der Waals surface area contributed by atoms with E-state index in [0.717, 1.165) is 25.9 Å². The van der Waals surface area contributed by atoms with Crippen LogP contribution in [0, 0.1) is 17.0 Å². The number of ether oxygens (including phenoxy) is 3. The van der Waals surface area contributed by atoms with Gasteiger partial charge in [-0.1, -0.05) is 18.5 Å². The summed E-state index contributed by atoms with van der Waals surface area (Å²) in [5.41, 5.74) is 0.750. The predicted molar refractivity (Wildman–Crippen MR) is 210 cm³/mol. The largest absolute Gasteiger partial charge is 0.472 e. The standard InChI is InChI=1S/C39H47ClF5N7O7S/c1-6-25(59-60(54,55)7-2)36(53)52-21-8-9-24(52)33-20(5)58-35-26-32(30(42)31(47-35)22-12-23(46)29(41)28(40)27(22)39(43,44)45)48-37(49-34(26)51(33)15-21)56-17-38(10-11-38)16-50-13-18(3)57-19(4)14-50/h12,18-21,24-25,33H,6-11,13-17,46H2,1-5H3/t18-,19+,20-,21+,24-,25+,33+/m0/s1. The van der Waals surface area contributed by atoms with Crippen LogP contribution in [0.2, 0.25) is 5.02 Å². The second-order valence-corrected chi connectivity index (χ2v) is 19.0. The number of halogens is 6. The molecule has 0 spiro atoms. The molecule has 21 heteroatoms. The first kappa shape index (κ1) is 42.8. The van der Waals surface area contributed by atoms with Gasteiger partial charge in [0.15, 0.2) is 17.7 Å². The summed E-state index contributed by atoms with van der Waals surface area (Å²) in [5.74, 6) is -3.85. The molecule has 8 rings (SSSR count). The number of alkyl halides is 3. The molecule has 4 aliphatic heterocycles. The number of morpholine rings is 1. The molecule has 1 aromatic carbocycles. The number of carbonyl (C=O) groups is 1. The molecule has 0 unspecified atom stereocenters. The maximum absolute atomic E-state index is 17.2. The molecule has 1 aliphatic carbocycles. The number of piperazine rings is 1. The van der Waals surface area contributed by atoms with Gasteiger partial charge in [-0.3, -0.25) is 13.9 Å². The summed E-state index contributed by atoms with van der Waals surface area (Å²) in [4.78, 5) is 33.5. The second-order valence-electron chi connectivity index (χ2n) is 16.7. The topological polar surface area (TPSA) is 163 Å². The van der Waals surface area contributed by atoms with Crippen molar-refractivity contribution in [2.24, 2.45) is 5.41 Å². The van der Waals surface area contributed by atoms with Crippen LogP contribution in [0.15, 0.2) is 6.07 Å². The van der Waals surface area contributed by atoms with Gasteiger partial charge < -0.3 is 29.7 Å². The SMILES string of the molecule is CC[C@@H](OS(=O)(=O)CC)C(=O)N1[C@@H]2CC[C@H]1[C@H]1[C@H](C)Oc3nc(-c4cc(N)c(F)c(Cl)c4C(F)(F)F)c(F)c4nc(OCC5(CN6C[C@@H](C)O[C@@H](C)C6)CC5)nc(c34)N1C2. The zero-order valence-corrected chi connectivity index (χ0v) is 35.3. The number of nitrogens with two attached hydrogens (primary N) is 1. The monoisotopic (exact) mass is 887 g/mol. The summed E-state index contributed by atoms with van der Waals surface area (Å²) in [6.07, 6.45) is -4.51. The van der Waals surface area contributed by atoms with Crippen LogP contribution >= 0.6 is 11.6 Å². The highest BCUT2D eigenvalue weighted by Gasteiger charge is 2.54. The Labute approximate surface area is 348 Å². The fourth-order valence-electron chi connectivity index (χ4n) is 9.44. The third-order valence-electron chi connectivity index (χ3n) is 12.3. The van der Waals surface area contributed by atoms with Crippen LogP contribution in [0.4, 0.5) is 33.5 Å². The van der Waals surface area contributed by atoms with Crippen LogP contribution in [0.25, 0.3) is 22.2 Å². The first-order valence-corrected chi connectivity index (χ1v) is 22.1. The summed E-state index contributed by atoms with van der Waals surface area (Å²) < 4.78 is 125. The van der Waals surface area contributed by atoms with E-state index in [0.29, 0.717) is 25.5 Å². The molecule has 14 nitrogen and oxygen atoms in total. The van der Waals surface area contributed by atoms with E-state index >= 15 is 4.39 Å². The van der Waals surface area contributed by atoms with Gasteiger partial charge in [0.05, 0.1) is 52.9 Å². The molecule has 7 atom stereocenters. The molecular formula is C39H47ClF5N7O7S. The Morgan fingerprint density at radius 3 is 2.40 bits per heavy atom. The number of amides is 1. The lowest BCUT2D eigenvalue weighted by Gasteiger charge is -2.48. The van der Waals surface area contributed by atoms with Gasteiger partial charge in [0.2, 0.25) is 5.88 Å². The fraction of sp³-hybridized carbons (Fsp3) is 0.641. The van der Waals surface area contributed by atoms with Crippen LogP contribution in [0.3, 0.4) is 0 Å². The van der Waals surface area contributed by atoms with Gasteiger partial charge in [-0.2, -0.15) is 31.6 Å². The molecule has 328 valence electrons.